The van der Waals surface area contributed by atoms with Crippen LogP contribution in [0.4, 0.5) is 0 Å². The van der Waals surface area contributed by atoms with E-state index >= 15 is 0 Å². The molecule has 40 heavy (non-hydrogen) atoms. The minimum Gasteiger partial charge on any atom is -0.462 e. The fourth-order valence-corrected chi connectivity index (χ4v) is 4.60. The lowest BCUT2D eigenvalue weighted by molar-refractivity contribution is -0.161. The number of aliphatic hydroxyl groups excluding tert-OH is 1. The molecule has 0 spiro atoms. The number of aliphatic hydroxyl groups is 1. The van der Waals surface area contributed by atoms with Gasteiger partial charge in [0.2, 0.25) is 0 Å². The number of ether oxygens (including phenoxy) is 2. The van der Waals surface area contributed by atoms with Gasteiger partial charge in [-0.05, 0) is 64.2 Å². The first kappa shape index (κ1) is 38.4. The van der Waals surface area contributed by atoms with Crippen LogP contribution in [0.25, 0.3) is 0 Å². The van der Waals surface area contributed by atoms with Gasteiger partial charge in [0.1, 0.15) is 6.61 Å². The molecular formula is C35H64O5. The molecule has 1 unspecified atom stereocenters. The Bertz CT molecular complexity index is 613. The highest BCUT2D eigenvalue weighted by Crippen LogP contribution is 2.12. The molecule has 0 heterocycles. The molecule has 1 atom stereocenters. The zero-order chi connectivity index (χ0) is 29.4. The summed E-state index contributed by atoms with van der Waals surface area (Å²) >= 11 is 0. The number of rotatable bonds is 30. The standard InChI is InChI=1S/C35H64O5/c1-3-5-7-9-11-13-15-17-19-21-23-25-27-29-34(37)39-32-33(31-36)40-35(38)30-28-26-24-22-20-18-16-14-12-10-8-6-4-2/h13-16,33,36H,3-12,17-32H2,1-2H3. The Balaban J connectivity index is 3.61. The Hall–Kier alpha value is -1.62. The summed E-state index contributed by atoms with van der Waals surface area (Å²) in [4.78, 5) is 24.1. The molecule has 0 saturated heterocycles. The molecule has 0 bridgehead atoms. The van der Waals surface area contributed by atoms with Crippen molar-refractivity contribution in [3.8, 4) is 0 Å². The first-order valence-electron chi connectivity index (χ1n) is 16.9. The van der Waals surface area contributed by atoms with Crippen molar-refractivity contribution in [3.63, 3.8) is 0 Å². The molecule has 0 aromatic heterocycles. The molecular weight excluding hydrogens is 500 g/mol. The lowest BCUT2D eigenvalue weighted by Gasteiger charge is -2.15. The lowest BCUT2D eigenvalue weighted by atomic mass is 10.1. The molecule has 0 saturated carbocycles. The van der Waals surface area contributed by atoms with Crippen LogP contribution >= 0.6 is 0 Å². The van der Waals surface area contributed by atoms with Crippen LogP contribution in [0.15, 0.2) is 24.3 Å². The van der Waals surface area contributed by atoms with Gasteiger partial charge in [0, 0.05) is 12.8 Å². The Morgan fingerprint density at radius 1 is 0.550 bits per heavy atom. The minimum absolute atomic E-state index is 0.0715. The SMILES string of the molecule is CCCCCCC=CCCCCCCCC(=O)OCC(CO)OC(=O)CCCCCCCC=CCCCCCC. The van der Waals surface area contributed by atoms with Crippen molar-refractivity contribution in [2.75, 3.05) is 13.2 Å². The molecule has 0 aliphatic heterocycles. The highest BCUT2D eigenvalue weighted by Gasteiger charge is 2.16. The second-order valence-corrected chi connectivity index (χ2v) is 11.2. The molecule has 0 rings (SSSR count). The van der Waals surface area contributed by atoms with E-state index in [-0.39, 0.29) is 25.2 Å². The monoisotopic (exact) mass is 564 g/mol. The van der Waals surface area contributed by atoms with Crippen LogP contribution < -0.4 is 0 Å². The van der Waals surface area contributed by atoms with Gasteiger partial charge in [-0.3, -0.25) is 9.59 Å². The van der Waals surface area contributed by atoms with E-state index in [0.717, 1.165) is 51.4 Å². The molecule has 234 valence electrons. The number of carbonyl (C=O) groups excluding carboxylic acids is 2. The molecule has 5 heteroatoms. The van der Waals surface area contributed by atoms with Gasteiger partial charge in [-0.25, -0.2) is 0 Å². The Labute approximate surface area is 247 Å². The maximum atomic E-state index is 12.1. The topological polar surface area (TPSA) is 72.8 Å². The van der Waals surface area contributed by atoms with E-state index in [1.165, 1.54) is 89.9 Å². The highest BCUT2D eigenvalue weighted by molar-refractivity contribution is 5.70. The fraction of sp³-hybridized carbons (Fsp3) is 0.829. The van der Waals surface area contributed by atoms with Crippen LogP contribution in [-0.2, 0) is 19.1 Å². The predicted octanol–water partition coefficient (Wildman–Crippen LogP) is 9.95. The zero-order valence-electron chi connectivity index (χ0n) is 26.4. The van der Waals surface area contributed by atoms with Crippen molar-refractivity contribution in [1.82, 2.24) is 0 Å². The van der Waals surface area contributed by atoms with Gasteiger partial charge in [-0.1, -0.05) is 115 Å². The van der Waals surface area contributed by atoms with Gasteiger partial charge in [0.15, 0.2) is 6.10 Å². The van der Waals surface area contributed by atoms with Gasteiger partial charge < -0.3 is 14.6 Å². The molecule has 0 amide bonds. The van der Waals surface area contributed by atoms with E-state index in [0.29, 0.717) is 12.8 Å². The fourth-order valence-electron chi connectivity index (χ4n) is 4.60. The second kappa shape index (κ2) is 31.9. The summed E-state index contributed by atoms with van der Waals surface area (Å²) < 4.78 is 10.5. The summed E-state index contributed by atoms with van der Waals surface area (Å²) in [6, 6.07) is 0. The van der Waals surface area contributed by atoms with Gasteiger partial charge in [0.05, 0.1) is 6.61 Å². The van der Waals surface area contributed by atoms with Crippen LogP contribution in [-0.4, -0.2) is 36.4 Å². The lowest BCUT2D eigenvalue weighted by Crippen LogP contribution is -2.28. The number of unbranched alkanes of at least 4 members (excludes halogenated alkanes) is 18. The molecule has 0 aromatic carbocycles. The Kier molecular flexibility index (Phi) is 30.6. The Morgan fingerprint density at radius 2 is 0.925 bits per heavy atom. The zero-order valence-corrected chi connectivity index (χ0v) is 26.4. The number of allylic oxidation sites excluding steroid dienone is 4. The third-order valence-electron chi connectivity index (χ3n) is 7.22. The van der Waals surface area contributed by atoms with Crippen LogP contribution in [0, 0.1) is 0 Å². The molecule has 1 N–H and O–H groups in total. The number of carbonyl (C=O) groups is 2. The molecule has 5 nitrogen and oxygen atoms in total. The van der Waals surface area contributed by atoms with E-state index in [4.69, 9.17) is 9.47 Å². The average molecular weight is 565 g/mol. The highest BCUT2D eigenvalue weighted by atomic mass is 16.6. The third-order valence-corrected chi connectivity index (χ3v) is 7.22. The summed E-state index contributed by atoms with van der Waals surface area (Å²) in [5, 5.41) is 9.49. The van der Waals surface area contributed by atoms with E-state index in [9.17, 15) is 14.7 Å². The predicted molar refractivity (Wildman–Crippen MR) is 168 cm³/mol. The van der Waals surface area contributed by atoms with Gasteiger partial charge >= 0.3 is 11.9 Å². The van der Waals surface area contributed by atoms with E-state index in [1.807, 2.05) is 0 Å². The van der Waals surface area contributed by atoms with E-state index in [2.05, 4.69) is 38.2 Å². The van der Waals surface area contributed by atoms with Crippen molar-refractivity contribution in [1.29, 1.82) is 0 Å². The number of hydrogen-bond donors (Lipinski definition) is 1. The molecule has 0 aromatic rings. The van der Waals surface area contributed by atoms with Crippen LogP contribution in [0.1, 0.15) is 168 Å². The summed E-state index contributed by atoms with van der Waals surface area (Å²) in [5.41, 5.74) is 0. The third kappa shape index (κ3) is 29.4. The van der Waals surface area contributed by atoms with Gasteiger partial charge in [0.25, 0.3) is 0 Å². The normalized spacial score (nSPS) is 12.4. The maximum absolute atomic E-state index is 12.1. The summed E-state index contributed by atoms with van der Waals surface area (Å²) in [6.07, 6.45) is 35.1. The first-order valence-corrected chi connectivity index (χ1v) is 16.9. The number of hydrogen-bond acceptors (Lipinski definition) is 5. The quantitative estimate of drug-likeness (QED) is 0.0534. The van der Waals surface area contributed by atoms with Crippen LogP contribution in [0.2, 0.25) is 0 Å². The second-order valence-electron chi connectivity index (χ2n) is 11.2. The summed E-state index contributed by atoms with van der Waals surface area (Å²) in [7, 11) is 0. The first-order chi connectivity index (χ1) is 19.6. The molecule has 0 aliphatic rings. The van der Waals surface area contributed by atoms with Crippen LogP contribution in [0.5, 0.6) is 0 Å². The van der Waals surface area contributed by atoms with Crippen molar-refractivity contribution >= 4 is 11.9 Å². The van der Waals surface area contributed by atoms with Crippen molar-refractivity contribution in [3.05, 3.63) is 24.3 Å². The molecule has 0 aliphatic carbocycles. The summed E-state index contributed by atoms with van der Waals surface area (Å²) in [5.74, 6) is -0.612. The van der Waals surface area contributed by atoms with E-state index in [1.54, 1.807) is 0 Å². The minimum atomic E-state index is -0.773. The van der Waals surface area contributed by atoms with Crippen LogP contribution in [0.3, 0.4) is 0 Å². The largest absolute Gasteiger partial charge is 0.462 e. The number of esters is 2. The average Bonchev–Trinajstić information content (AvgIpc) is 2.96. The summed E-state index contributed by atoms with van der Waals surface area (Å²) in [6.45, 7) is 4.08. The smallest absolute Gasteiger partial charge is 0.306 e. The van der Waals surface area contributed by atoms with Crippen molar-refractivity contribution in [2.45, 2.75) is 174 Å². The van der Waals surface area contributed by atoms with Gasteiger partial charge in [-0.2, -0.15) is 0 Å². The van der Waals surface area contributed by atoms with Gasteiger partial charge in [-0.15, -0.1) is 0 Å². The van der Waals surface area contributed by atoms with Crippen molar-refractivity contribution < 1.29 is 24.2 Å². The van der Waals surface area contributed by atoms with Crippen molar-refractivity contribution in [2.24, 2.45) is 0 Å². The van der Waals surface area contributed by atoms with E-state index < -0.39 is 6.10 Å². The molecule has 0 fully saturated rings. The Morgan fingerprint density at radius 3 is 1.35 bits per heavy atom. The molecule has 0 radical (unpaired) electrons. The maximum Gasteiger partial charge on any atom is 0.306 e.